The van der Waals surface area contributed by atoms with Crippen LogP contribution in [0.2, 0.25) is 0 Å². The molecule has 1 unspecified atom stereocenters. The van der Waals surface area contributed by atoms with E-state index in [4.69, 9.17) is 10.7 Å². The lowest BCUT2D eigenvalue weighted by atomic mass is 9.97. The smallest absolute Gasteiger partial charge is 0.0964 e. The molecular formula is C58H42N4. The van der Waals surface area contributed by atoms with Gasteiger partial charge in [-0.05, 0) is 117 Å². The van der Waals surface area contributed by atoms with Gasteiger partial charge in [-0.1, -0.05) is 164 Å². The SMILES string of the molecule is N/C=C\C(N=Cn1c2ccccc2c2cc(-c3ccc4c(c3)c3ccccc3n4-c3ccc(-c4ccccc4)cc3)ccc21)c1cccc(-c2ccc(-c3ccccc3)cc2)c1. The number of para-hydroxylation sites is 2. The van der Waals surface area contributed by atoms with E-state index in [0.717, 1.165) is 33.4 Å². The van der Waals surface area contributed by atoms with Crippen molar-refractivity contribution in [1.29, 1.82) is 0 Å². The summed E-state index contributed by atoms with van der Waals surface area (Å²) in [6.07, 6.45) is 5.51. The summed E-state index contributed by atoms with van der Waals surface area (Å²) in [5.74, 6) is 0. The summed E-state index contributed by atoms with van der Waals surface area (Å²) in [5, 5.41) is 4.82. The van der Waals surface area contributed by atoms with Crippen molar-refractivity contribution < 1.29 is 0 Å². The molecule has 0 aliphatic heterocycles. The molecule has 0 aliphatic carbocycles. The fourth-order valence-corrected chi connectivity index (χ4v) is 9.05. The van der Waals surface area contributed by atoms with Crippen LogP contribution in [0.5, 0.6) is 0 Å². The van der Waals surface area contributed by atoms with E-state index in [-0.39, 0.29) is 6.04 Å². The van der Waals surface area contributed by atoms with Gasteiger partial charge in [0.1, 0.15) is 0 Å². The molecule has 0 fully saturated rings. The molecular weight excluding hydrogens is 753 g/mol. The number of hydrogen-bond acceptors (Lipinski definition) is 2. The average Bonchev–Trinajstić information content (AvgIpc) is 3.85. The van der Waals surface area contributed by atoms with E-state index in [1.807, 2.05) is 18.5 Å². The Balaban J connectivity index is 0.934. The lowest BCUT2D eigenvalue weighted by Crippen LogP contribution is -2.00. The van der Waals surface area contributed by atoms with Crippen molar-refractivity contribution in [2.24, 2.45) is 10.7 Å². The minimum absolute atomic E-state index is 0.269. The highest BCUT2D eigenvalue weighted by Crippen LogP contribution is 2.38. The Kier molecular flexibility index (Phi) is 9.36. The number of fused-ring (bicyclic) bond motifs is 6. The third kappa shape index (κ3) is 6.65. The summed E-state index contributed by atoms with van der Waals surface area (Å²) in [5.41, 5.74) is 22.3. The van der Waals surface area contributed by atoms with Gasteiger partial charge in [0.25, 0.3) is 0 Å². The number of rotatable bonds is 9. The van der Waals surface area contributed by atoms with Crippen molar-refractivity contribution in [1.82, 2.24) is 9.13 Å². The maximum Gasteiger partial charge on any atom is 0.0964 e. The molecule has 1 atom stereocenters. The van der Waals surface area contributed by atoms with Crippen LogP contribution in [0.4, 0.5) is 0 Å². The van der Waals surface area contributed by atoms with Gasteiger partial charge in [0, 0.05) is 27.2 Å². The summed E-state index contributed by atoms with van der Waals surface area (Å²) in [6.45, 7) is 0. The van der Waals surface area contributed by atoms with Gasteiger partial charge >= 0.3 is 0 Å². The minimum atomic E-state index is -0.269. The first-order valence-corrected chi connectivity index (χ1v) is 21.1. The molecule has 9 aromatic carbocycles. The van der Waals surface area contributed by atoms with Crippen molar-refractivity contribution in [3.63, 3.8) is 0 Å². The molecule has 294 valence electrons. The zero-order valence-electron chi connectivity index (χ0n) is 34.0. The molecule has 0 saturated carbocycles. The minimum Gasteiger partial charge on any atom is -0.405 e. The van der Waals surface area contributed by atoms with Crippen LogP contribution in [0.25, 0.3) is 93.8 Å². The van der Waals surface area contributed by atoms with E-state index in [0.29, 0.717) is 0 Å². The summed E-state index contributed by atoms with van der Waals surface area (Å²) in [7, 11) is 0. The molecule has 2 heterocycles. The third-order valence-electron chi connectivity index (χ3n) is 12.1. The van der Waals surface area contributed by atoms with Gasteiger partial charge in [-0.15, -0.1) is 0 Å². The molecule has 0 spiro atoms. The zero-order chi connectivity index (χ0) is 41.4. The quantitative estimate of drug-likeness (QED) is 0.115. The fourth-order valence-electron chi connectivity index (χ4n) is 9.05. The first-order valence-electron chi connectivity index (χ1n) is 21.1. The van der Waals surface area contributed by atoms with E-state index in [1.54, 1.807) is 6.20 Å². The summed E-state index contributed by atoms with van der Waals surface area (Å²) in [4.78, 5) is 5.17. The molecule has 0 radical (unpaired) electrons. The maximum atomic E-state index is 6.05. The van der Waals surface area contributed by atoms with Gasteiger partial charge in [-0.25, -0.2) is 0 Å². The molecule has 0 amide bonds. The van der Waals surface area contributed by atoms with E-state index < -0.39 is 0 Å². The second kappa shape index (κ2) is 15.8. The van der Waals surface area contributed by atoms with Crippen LogP contribution in [0.15, 0.2) is 236 Å². The van der Waals surface area contributed by atoms with Crippen LogP contribution in [0.1, 0.15) is 11.6 Å². The molecule has 2 aromatic heterocycles. The first-order chi connectivity index (χ1) is 30.7. The van der Waals surface area contributed by atoms with Gasteiger partial charge in [0.05, 0.1) is 34.4 Å². The third-order valence-corrected chi connectivity index (χ3v) is 12.1. The normalized spacial score (nSPS) is 12.4. The largest absolute Gasteiger partial charge is 0.405 e. The molecule has 0 saturated heterocycles. The molecule has 11 rings (SSSR count). The molecule has 0 aliphatic rings. The predicted octanol–water partition coefficient (Wildman–Crippen LogP) is 14.6. The van der Waals surface area contributed by atoms with E-state index in [2.05, 4.69) is 221 Å². The lowest BCUT2D eigenvalue weighted by molar-refractivity contribution is 0.907. The second-order valence-corrected chi connectivity index (χ2v) is 15.8. The lowest BCUT2D eigenvalue weighted by Gasteiger charge is -2.12. The predicted molar refractivity (Wildman–Crippen MR) is 262 cm³/mol. The number of aromatic nitrogens is 2. The summed E-state index contributed by atoms with van der Waals surface area (Å²) < 4.78 is 4.59. The van der Waals surface area contributed by atoms with Crippen LogP contribution in [-0.2, 0) is 0 Å². The fraction of sp³-hybridized carbons (Fsp3) is 0.0172. The molecule has 2 N–H and O–H groups in total. The number of nitrogens with zero attached hydrogens (tertiary/aromatic N) is 3. The molecule has 0 bridgehead atoms. The van der Waals surface area contributed by atoms with Crippen molar-refractivity contribution >= 4 is 50.0 Å². The zero-order valence-corrected chi connectivity index (χ0v) is 34.0. The summed E-state index contributed by atoms with van der Waals surface area (Å²) >= 11 is 0. The summed E-state index contributed by atoms with van der Waals surface area (Å²) in [6, 6.07) is 77.9. The van der Waals surface area contributed by atoms with Crippen LogP contribution < -0.4 is 5.73 Å². The number of benzene rings is 9. The Labute approximate surface area is 360 Å². The van der Waals surface area contributed by atoms with Gasteiger partial charge in [-0.3, -0.25) is 4.99 Å². The topological polar surface area (TPSA) is 48.2 Å². The van der Waals surface area contributed by atoms with Gasteiger partial charge < -0.3 is 14.9 Å². The Morgan fingerprint density at radius 2 is 0.806 bits per heavy atom. The monoisotopic (exact) mass is 794 g/mol. The van der Waals surface area contributed by atoms with E-state index in [1.165, 1.54) is 66.0 Å². The molecule has 62 heavy (non-hydrogen) atoms. The molecule has 11 aromatic rings. The van der Waals surface area contributed by atoms with Crippen molar-refractivity contribution in [2.45, 2.75) is 6.04 Å². The standard InChI is InChI=1S/C58H42N4/c59-35-34-54(48-17-11-16-45(36-48)44-24-22-42(23-25-44)40-12-3-1-4-13-40)60-39-61-55-20-9-7-18-50(55)52-37-46(28-32-56(52)61)47-29-33-58-53(38-47)51-19-8-10-21-57(51)62(58)49-30-26-43(27-31-49)41-14-5-2-6-15-41/h1-39,54H,59H2/b35-34-,60-39?. The highest BCUT2D eigenvalue weighted by molar-refractivity contribution is 6.13. The van der Waals surface area contributed by atoms with Gasteiger partial charge in [0.15, 0.2) is 0 Å². The number of nitrogens with two attached hydrogens (primary N) is 1. The van der Waals surface area contributed by atoms with Gasteiger partial charge in [-0.2, -0.15) is 0 Å². The Morgan fingerprint density at radius 3 is 1.45 bits per heavy atom. The molecule has 4 nitrogen and oxygen atoms in total. The van der Waals surface area contributed by atoms with Crippen molar-refractivity contribution in [3.05, 3.63) is 236 Å². The van der Waals surface area contributed by atoms with E-state index >= 15 is 0 Å². The highest BCUT2D eigenvalue weighted by atomic mass is 15.0. The van der Waals surface area contributed by atoms with Crippen LogP contribution in [0, 0.1) is 0 Å². The van der Waals surface area contributed by atoms with E-state index in [9.17, 15) is 0 Å². The maximum absolute atomic E-state index is 6.05. The average molecular weight is 795 g/mol. The van der Waals surface area contributed by atoms with Crippen LogP contribution >= 0.6 is 0 Å². The Bertz CT molecular complexity index is 3450. The Hall–Kier alpha value is -8.21. The van der Waals surface area contributed by atoms with Gasteiger partial charge in [0.2, 0.25) is 0 Å². The Morgan fingerprint density at radius 1 is 0.371 bits per heavy atom. The highest BCUT2D eigenvalue weighted by Gasteiger charge is 2.16. The first kappa shape index (κ1) is 36.8. The number of hydrogen-bond donors (Lipinski definition) is 1. The number of aliphatic imine (C=N–C) groups is 1. The molecule has 4 heteroatoms. The second-order valence-electron chi connectivity index (χ2n) is 15.8. The van der Waals surface area contributed by atoms with Crippen LogP contribution in [0.3, 0.4) is 0 Å². The van der Waals surface area contributed by atoms with Crippen molar-refractivity contribution in [3.8, 4) is 50.2 Å². The van der Waals surface area contributed by atoms with Crippen molar-refractivity contribution in [2.75, 3.05) is 0 Å². The van der Waals surface area contributed by atoms with Crippen LogP contribution in [-0.4, -0.2) is 15.5 Å².